The average molecular weight is 240 g/mol. The zero-order chi connectivity index (χ0) is 12.4. The molecule has 1 heterocycles. The normalized spacial score (nSPS) is 18.7. The van der Waals surface area contributed by atoms with Crippen LogP contribution in [0.3, 0.4) is 0 Å². The molecule has 1 saturated heterocycles. The van der Waals surface area contributed by atoms with Crippen LogP contribution in [0.25, 0.3) is 0 Å². The van der Waals surface area contributed by atoms with Crippen molar-refractivity contribution < 1.29 is 4.48 Å². The van der Waals surface area contributed by atoms with Gasteiger partial charge in [-0.3, -0.25) is 0 Å². The van der Waals surface area contributed by atoms with Crippen molar-refractivity contribution in [3.63, 3.8) is 0 Å². The maximum absolute atomic E-state index is 2.35. The molecule has 0 aromatic rings. The molecule has 0 saturated carbocycles. The third-order valence-corrected chi connectivity index (χ3v) is 4.45. The Morgan fingerprint density at radius 3 is 1.82 bits per heavy atom. The third kappa shape index (κ3) is 5.90. The van der Waals surface area contributed by atoms with Crippen molar-refractivity contribution in [2.45, 2.75) is 78.1 Å². The lowest BCUT2D eigenvalue weighted by molar-refractivity contribution is -0.917. The molecule has 102 valence electrons. The van der Waals surface area contributed by atoms with Crippen LogP contribution in [-0.4, -0.2) is 30.7 Å². The van der Waals surface area contributed by atoms with E-state index in [4.69, 9.17) is 0 Å². The van der Waals surface area contributed by atoms with Crippen molar-refractivity contribution in [3.05, 3.63) is 0 Å². The second kappa shape index (κ2) is 8.97. The van der Waals surface area contributed by atoms with E-state index < -0.39 is 0 Å². The summed E-state index contributed by atoms with van der Waals surface area (Å²) in [6.07, 6.45) is 14.5. The molecule has 0 N–H and O–H groups in total. The lowest BCUT2D eigenvalue weighted by atomic mass is 10.1. The van der Waals surface area contributed by atoms with E-state index in [1.165, 1.54) is 94.9 Å². The fourth-order valence-electron chi connectivity index (χ4n) is 3.44. The first kappa shape index (κ1) is 15.0. The number of likely N-dealkylation sites (tertiary alicyclic amines) is 1. The first-order chi connectivity index (χ1) is 8.33. The molecule has 0 spiro atoms. The zero-order valence-corrected chi connectivity index (χ0v) is 12.3. The number of hydrogen-bond donors (Lipinski definition) is 0. The van der Waals surface area contributed by atoms with Crippen LogP contribution in [0.4, 0.5) is 0 Å². The largest absolute Gasteiger partial charge is 0.324 e. The van der Waals surface area contributed by atoms with Gasteiger partial charge in [-0.05, 0) is 19.3 Å². The van der Waals surface area contributed by atoms with Crippen LogP contribution in [0.15, 0.2) is 0 Å². The van der Waals surface area contributed by atoms with Crippen molar-refractivity contribution >= 4 is 0 Å². The number of unbranched alkanes of at least 4 members (excludes halogenated alkanes) is 6. The van der Waals surface area contributed by atoms with E-state index in [9.17, 15) is 0 Å². The van der Waals surface area contributed by atoms with Gasteiger partial charge in [-0.25, -0.2) is 0 Å². The van der Waals surface area contributed by atoms with E-state index in [-0.39, 0.29) is 0 Å². The Balaban J connectivity index is 2.03. The molecule has 17 heavy (non-hydrogen) atoms. The molecule has 0 aromatic heterocycles. The minimum absolute atomic E-state index is 1.37. The van der Waals surface area contributed by atoms with Gasteiger partial charge in [0, 0.05) is 12.8 Å². The number of rotatable bonds is 10. The summed E-state index contributed by atoms with van der Waals surface area (Å²) in [6, 6.07) is 0. The molecule has 1 fully saturated rings. The van der Waals surface area contributed by atoms with Crippen LogP contribution in [0, 0.1) is 0 Å². The monoisotopic (exact) mass is 240 g/mol. The summed E-state index contributed by atoms with van der Waals surface area (Å²) in [5, 5.41) is 0. The van der Waals surface area contributed by atoms with Gasteiger partial charge in [0.2, 0.25) is 0 Å². The smallest absolute Gasteiger partial charge is 0.0788 e. The minimum Gasteiger partial charge on any atom is -0.324 e. The Labute approximate surface area is 109 Å². The second-order valence-corrected chi connectivity index (χ2v) is 6.06. The standard InChI is InChI=1S/C16H34N/c1-3-5-6-7-8-9-10-14-17(13-4-2)15-11-12-16-17/h3-16H2,1-2H3/q+1. The van der Waals surface area contributed by atoms with Gasteiger partial charge in [0.25, 0.3) is 0 Å². The van der Waals surface area contributed by atoms with Crippen molar-refractivity contribution in [2.24, 2.45) is 0 Å². The topological polar surface area (TPSA) is 0 Å². The van der Waals surface area contributed by atoms with Crippen molar-refractivity contribution in [1.82, 2.24) is 0 Å². The van der Waals surface area contributed by atoms with Crippen molar-refractivity contribution in [2.75, 3.05) is 26.2 Å². The van der Waals surface area contributed by atoms with E-state index in [0.29, 0.717) is 0 Å². The molecular formula is C16H34N+. The summed E-state index contributed by atoms with van der Waals surface area (Å²) in [4.78, 5) is 0. The van der Waals surface area contributed by atoms with E-state index in [1.54, 1.807) is 0 Å². The van der Waals surface area contributed by atoms with Gasteiger partial charge in [0.15, 0.2) is 0 Å². The highest BCUT2D eigenvalue weighted by atomic mass is 15.4. The van der Waals surface area contributed by atoms with Crippen molar-refractivity contribution in [3.8, 4) is 0 Å². The van der Waals surface area contributed by atoms with E-state index in [1.807, 2.05) is 0 Å². The lowest BCUT2D eigenvalue weighted by Crippen LogP contribution is -2.46. The van der Waals surface area contributed by atoms with Gasteiger partial charge >= 0.3 is 0 Å². The minimum atomic E-state index is 1.37. The molecule has 0 atom stereocenters. The van der Waals surface area contributed by atoms with Crippen LogP contribution in [-0.2, 0) is 0 Å². The van der Waals surface area contributed by atoms with Gasteiger partial charge in [-0.15, -0.1) is 0 Å². The molecule has 1 aliphatic rings. The highest BCUT2D eigenvalue weighted by Gasteiger charge is 2.29. The van der Waals surface area contributed by atoms with Crippen molar-refractivity contribution in [1.29, 1.82) is 0 Å². The van der Waals surface area contributed by atoms with Gasteiger partial charge < -0.3 is 4.48 Å². The molecular weight excluding hydrogens is 206 g/mol. The lowest BCUT2D eigenvalue weighted by Gasteiger charge is -2.34. The van der Waals surface area contributed by atoms with E-state index >= 15 is 0 Å². The van der Waals surface area contributed by atoms with E-state index in [2.05, 4.69) is 13.8 Å². The molecule has 0 aliphatic carbocycles. The molecule has 0 unspecified atom stereocenters. The van der Waals surface area contributed by atoms with Gasteiger partial charge in [-0.2, -0.15) is 0 Å². The van der Waals surface area contributed by atoms with Crippen LogP contribution < -0.4 is 0 Å². The highest BCUT2D eigenvalue weighted by molar-refractivity contribution is 4.56. The highest BCUT2D eigenvalue weighted by Crippen LogP contribution is 2.21. The molecule has 0 bridgehead atoms. The molecule has 1 heteroatoms. The zero-order valence-electron chi connectivity index (χ0n) is 12.3. The molecule has 0 aromatic carbocycles. The number of nitrogens with zero attached hydrogens (tertiary/aromatic N) is 1. The summed E-state index contributed by atoms with van der Waals surface area (Å²) in [5.41, 5.74) is 0. The molecule has 0 radical (unpaired) electrons. The Morgan fingerprint density at radius 2 is 1.24 bits per heavy atom. The first-order valence-corrected chi connectivity index (χ1v) is 8.18. The maximum atomic E-state index is 2.35. The van der Waals surface area contributed by atoms with Gasteiger partial charge in [0.1, 0.15) is 0 Å². The molecule has 0 amide bonds. The molecule has 1 rings (SSSR count). The third-order valence-electron chi connectivity index (χ3n) is 4.45. The van der Waals surface area contributed by atoms with Gasteiger partial charge in [0.05, 0.1) is 26.2 Å². The summed E-state index contributed by atoms with van der Waals surface area (Å²) in [7, 11) is 0. The summed E-state index contributed by atoms with van der Waals surface area (Å²) in [5.74, 6) is 0. The van der Waals surface area contributed by atoms with Gasteiger partial charge in [-0.1, -0.05) is 46.0 Å². The van der Waals surface area contributed by atoms with Crippen LogP contribution in [0.1, 0.15) is 78.1 Å². The summed E-state index contributed by atoms with van der Waals surface area (Å²) < 4.78 is 1.46. The fraction of sp³-hybridized carbons (Fsp3) is 1.00. The van der Waals surface area contributed by atoms with Crippen LogP contribution in [0.2, 0.25) is 0 Å². The predicted octanol–water partition coefficient (Wildman–Crippen LogP) is 4.76. The predicted molar refractivity (Wildman–Crippen MR) is 77.2 cm³/mol. The Kier molecular flexibility index (Phi) is 7.92. The Hall–Kier alpha value is -0.0400. The second-order valence-electron chi connectivity index (χ2n) is 6.06. The maximum Gasteiger partial charge on any atom is 0.0788 e. The Bertz CT molecular complexity index is 170. The number of quaternary nitrogens is 1. The quantitative estimate of drug-likeness (QED) is 0.381. The summed E-state index contributed by atoms with van der Waals surface area (Å²) in [6.45, 7) is 10.5. The van der Waals surface area contributed by atoms with Crippen LogP contribution in [0.5, 0.6) is 0 Å². The molecule has 1 nitrogen and oxygen atoms in total. The first-order valence-electron chi connectivity index (χ1n) is 8.18. The molecule has 1 aliphatic heterocycles. The van der Waals surface area contributed by atoms with Crippen LogP contribution >= 0.6 is 0 Å². The average Bonchev–Trinajstić information content (AvgIpc) is 2.77. The Morgan fingerprint density at radius 1 is 0.647 bits per heavy atom. The SMILES string of the molecule is CCCCCCCCC[N+]1(CCC)CCCC1. The van der Waals surface area contributed by atoms with E-state index in [0.717, 1.165) is 0 Å². The fourth-order valence-corrected chi connectivity index (χ4v) is 3.44. The summed E-state index contributed by atoms with van der Waals surface area (Å²) >= 11 is 0. The number of hydrogen-bond acceptors (Lipinski definition) is 0.